The number of aliphatic hydroxyl groups is 1. The Kier molecular flexibility index (Phi) is 73.1. The van der Waals surface area contributed by atoms with Crippen molar-refractivity contribution in [3.8, 4) is 0 Å². The minimum absolute atomic E-state index is 0.108. The molecule has 0 rings (SSSR count). The van der Waals surface area contributed by atoms with Crippen molar-refractivity contribution in [3.05, 3.63) is 0 Å². The third kappa shape index (κ3) is 74.9. The van der Waals surface area contributed by atoms with E-state index in [1.165, 1.54) is 257 Å². The molecule has 102 heavy (non-hydrogen) atoms. The van der Waals surface area contributed by atoms with Crippen molar-refractivity contribution in [2.45, 2.75) is 458 Å². The maximum Gasteiger partial charge on any atom is 0.472 e. The van der Waals surface area contributed by atoms with Gasteiger partial charge in [-0.1, -0.05) is 388 Å². The summed E-state index contributed by atoms with van der Waals surface area (Å²) >= 11 is 0. The largest absolute Gasteiger partial charge is 0.472 e. The van der Waals surface area contributed by atoms with Crippen LogP contribution in [-0.2, 0) is 65.4 Å². The van der Waals surface area contributed by atoms with E-state index in [4.69, 9.17) is 37.0 Å². The first-order valence-electron chi connectivity index (χ1n) is 43.0. The van der Waals surface area contributed by atoms with Gasteiger partial charge in [-0.05, 0) is 37.5 Å². The van der Waals surface area contributed by atoms with Crippen LogP contribution >= 0.6 is 15.6 Å². The second kappa shape index (κ2) is 74.5. The van der Waals surface area contributed by atoms with Crippen LogP contribution in [0.5, 0.6) is 0 Å². The van der Waals surface area contributed by atoms with Gasteiger partial charge in [0.05, 0.1) is 26.4 Å². The minimum atomic E-state index is -4.96. The molecule has 19 heteroatoms. The molecule has 17 nitrogen and oxygen atoms in total. The number of ether oxygens (including phenoxy) is 4. The van der Waals surface area contributed by atoms with Crippen LogP contribution in [0, 0.1) is 11.8 Å². The molecular formula is C83H162O17P2. The first-order chi connectivity index (χ1) is 49.4. The zero-order valence-corrected chi connectivity index (χ0v) is 68.7. The second-order valence-corrected chi connectivity index (χ2v) is 33.5. The molecule has 0 bridgehead atoms. The van der Waals surface area contributed by atoms with Gasteiger partial charge in [0.2, 0.25) is 0 Å². The van der Waals surface area contributed by atoms with Crippen molar-refractivity contribution in [3.63, 3.8) is 0 Å². The zero-order valence-electron chi connectivity index (χ0n) is 66.9. The fourth-order valence-electron chi connectivity index (χ4n) is 12.9. The highest BCUT2D eigenvalue weighted by atomic mass is 31.2. The molecule has 0 saturated heterocycles. The van der Waals surface area contributed by atoms with Crippen LogP contribution in [0.3, 0.4) is 0 Å². The fraction of sp³-hybridized carbons (Fsp3) is 0.952. The summed E-state index contributed by atoms with van der Waals surface area (Å²) in [7, 11) is -9.92. The normalized spacial score (nSPS) is 14.1. The summed E-state index contributed by atoms with van der Waals surface area (Å²) < 4.78 is 68.8. The van der Waals surface area contributed by atoms with Gasteiger partial charge in [-0.3, -0.25) is 37.3 Å². The average molecular weight is 1490 g/mol. The van der Waals surface area contributed by atoms with Crippen LogP contribution in [0.25, 0.3) is 0 Å². The van der Waals surface area contributed by atoms with Crippen LogP contribution in [-0.4, -0.2) is 96.7 Å². The summed E-state index contributed by atoms with van der Waals surface area (Å²) in [5.41, 5.74) is 0. The van der Waals surface area contributed by atoms with Crippen LogP contribution in [0.2, 0.25) is 0 Å². The Labute approximate surface area is 626 Å². The molecule has 6 atom stereocenters. The number of carbonyl (C=O) groups excluding carboxylic acids is 4. The van der Waals surface area contributed by atoms with E-state index >= 15 is 0 Å². The summed E-state index contributed by atoms with van der Waals surface area (Å²) in [6, 6.07) is 0. The molecule has 0 amide bonds. The van der Waals surface area contributed by atoms with Gasteiger partial charge >= 0.3 is 39.5 Å². The predicted molar refractivity (Wildman–Crippen MR) is 418 cm³/mol. The van der Waals surface area contributed by atoms with E-state index in [1.54, 1.807) is 0 Å². The molecule has 3 unspecified atom stereocenters. The summed E-state index contributed by atoms with van der Waals surface area (Å²) in [6.07, 6.45) is 65.2. The molecule has 0 saturated carbocycles. The standard InChI is InChI=1S/C83H162O17P2/c1-7-10-12-14-16-18-20-22-24-25-26-27-28-29-30-32-38-42-50-56-62-68-83(88)99-78(71-93-80(85)65-59-53-47-40-36-34-33-35-39-45-51-57-63-75(4)5)73-97-101(89,90)95-69-77(84)70-96-102(91,92)98-74-79(72-94-81(86)66-60-54-48-44-43-46-52-58-64-76(6)9-3)100-82(87)67-61-55-49-41-37-31-23-21-19-17-15-13-11-8-2/h75-79,84H,7-74H2,1-6H3,(H,89,90)(H,91,92)/t76?,77-,78-,79-/m1/s1. The molecule has 0 aliphatic rings. The number of hydrogen-bond donors (Lipinski definition) is 3. The van der Waals surface area contributed by atoms with E-state index in [-0.39, 0.29) is 25.7 Å². The summed E-state index contributed by atoms with van der Waals surface area (Å²) in [5.74, 6) is -0.546. The van der Waals surface area contributed by atoms with Gasteiger partial charge in [-0.25, -0.2) is 9.13 Å². The molecule has 0 aliphatic carbocycles. The van der Waals surface area contributed by atoms with Crippen molar-refractivity contribution in [1.82, 2.24) is 0 Å². The molecule has 0 aliphatic heterocycles. The highest BCUT2D eigenvalue weighted by Gasteiger charge is 2.30. The number of carbonyl (C=O) groups is 4. The Bertz CT molecular complexity index is 1960. The van der Waals surface area contributed by atoms with Gasteiger partial charge in [-0.2, -0.15) is 0 Å². The molecule has 0 radical (unpaired) electrons. The molecular weight excluding hydrogens is 1330 g/mol. The maximum absolute atomic E-state index is 13.1. The fourth-order valence-corrected chi connectivity index (χ4v) is 14.4. The third-order valence-electron chi connectivity index (χ3n) is 19.8. The Morgan fingerprint density at radius 1 is 0.284 bits per heavy atom. The Morgan fingerprint density at radius 2 is 0.500 bits per heavy atom. The number of phosphoric ester groups is 2. The smallest absolute Gasteiger partial charge is 0.462 e. The van der Waals surface area contributed by atoms with Gasteiger partial charge in [0.15, 0.2) is 12.2 Å². The van der Waals surface area contributed by atoms with E-state index in [1.807, 2.05) is 0 Å². The van der Waals surface area contributed by atoms with Crippen molar-refractivity contribution in [1.29, 1.82) is 0 Å². The second-order valence-electron chi connectivity index (χ2n) is 30.6. The van der Waals surface area contributed by atoms with E-state index < -0.39 is 97.5 Å². The number of aliphatic hydroxyl groups excluding tert-OH is 1. The van der Waals surface area contributed by atoms with Crippen LogP contribution < -0.4 is 0 Å². The van der Waals surface area contributed by atoms with Gasteiger partial charge in [0.25, 0.3) is 0 Å². The minimum Gasteiger partial charge on any atom is -0.462 e. The highest BCUT2D eigenvalue weighted by Crippen LogP contribution is 2.45. The lowest BCUT2D eigenvalue weighted by molar-refractivity contribution is -0.161. The number of esters is 4. The third-order valence-corrected chi connectivity index (χ3v) is 21.7. The molecule has 3 N–H and O–H groups in total. The lowest BCUT2D eigenvalue weighted by Crippen LogP contribution is -2.30. The highest BCUT2D eigenvalue weighted by molar-refractivity contribution is 7.47. The van der Waals surface area contributed by atoms with Crippen molar-refractivity contribution >= 4 is 39.5 Å². The lowest BCUT2D eigenvalue weighted by Gasteiger charge is -2.21. The van der Waals surface area contributed by atoms with Crippen molar-refractivity contribution < 1.29 is 80.2 Å². The Morgan fingerprint density at radius 3 is 0.745 bits per heavy atom. The molecule has 0 aromatic carbocycles. The maximum atomic E-state index is 13.1. The predicted octanol–water partition coefficient (Wildman–Crippen LogP) is 25.1. The molecule has 0 aromatic rings. The summed E-state index contributed by atoms with van der Waals surface area (Å²) in [4.78, 5) is 73.1. The van der Waals surface area contributed by atoms with Crippen molar-refractivity contribution in [2.75, 3.05) is 39.6 Å². The molecule has 0 fully saturated rings. The van der Waals surface area contributed by atoms with Gasteiger partial charge in [0, 0.05) is 25.7 Å². The quantitative estimate of drug-likeness (QED) is 0.0222. The van der Waals surface area contributed by atoms with Gasteiger partial charge in [0.1, 0.15) is 19.3 Å². The van der Waals surface area contributed by atoms with E-state index in [9.17, 15) is 43.2 Å². The number of unbranched alkanes of at least 4 members (excludes halogenated alkanes) is 51. The monoisotopic (exact) mass is 1490 g/mol. The Hall–Kier alpha value is -1.94. The molecule has 0 aromatic heterocycles. The Balaban J connectivity index is 5.24. The van der Waals surface area contributed by atoms with Crippen molar-refractivity contribution in [2.24, 2.45) is 11.8 Å². The van der Waals surface area contributed by atoms with E-state index in [0.29, 0.717) is 25.7 Å². The van der Waals surface area contributed by atoms with Gasteiger partial charge in [-0.15, -0.1) is 0 Å². The van der Waals surface area contributed by atoms with E-state index in [0.717, 1.165) is 102 Å². The van der Waals surface area contributed by atoms with Gasteiger partial charge < -0.3 is 33.8 Å². The zero-order chi connectivity index (χ0) is 74.9. The lowest BCUT2D eigenvalue weighted by atomic mass is 9.99. The number of rotatable bonds is 82. The summed E-state index contributed by atoms with van der Waals surface area (Å²) in [6.45, 7) is 9.67. The summed E-state index contributed by atoms with van der Waals surface area (Å²) in [5, 5.41) is 10.7. The average Bonchev–Trinajstić information content (AvgIpc) is 0.937. The first-order valence-corrected chi connectivity index (χ1v) is 46.0. The molecule has 606 valence electrons. The number of phosphoric acid groups is 2. The molecule has 0 heterocycles. The van der Waals surface area contributed by atoms with Crippen LogP contribution in [0.1, 0.15) is 440 Å². The first kappa shape index (κ1) is 100. The SMILES string of the molecule is CCCCCCCCCCCCCCCCCCCCCCCC(=O)O[C@H](COC(=O)CCCCCCCCCCCCCCC(C)C)COP(=O)(O)OC[C@@H](O)COP(=O)(O)OC[C@@H](COC(=O)CCCCCCCCCCC(C)CC)OC(=O)CCCCCCCCCCCCCCCC. The van der Waals surface area contributed by atoms with Crippen LogP contribution in [0.4, 0.5) is 0 Å². The molecule has 0 spiro atoms. The van der Waals surface area contributed by atoms with E-state index in [2.05, 4.69) is 41.5 Å². The number of hydrogen-bond acceptors (Lipinski definition) is 15. The topological polar surface area (TPSA) is 237 Å². The van der Waals surface area contributed by atoms with Crippen LogP contribution in [0.15, 0.2) is 0 Å².